The van der Waals surface area contributed by atoms with Gasteiger partial charge in [0, 0.05) is 10.0 Å². The van der Waals surface area contributed by atoms with E-state index in [-0.39, 0.29) is 0 Å². The van der Waals surface area contributed by atoms with Gasteiger partial charge in [-0.1, -0.05) is 40.2 Å². The van der Waals surface area contributed by atoms with Gasteiger partial charge in [0.25, 0.3) is 0 Å². The molecule has 0 unspecified atom stereocenters. The van der Waals surface area contributed by atoms with Crippen LogP contribution >= 0.6 is 27.3 Å². The largest absolute Gasteiger partial charge is 0.258 e. The van der Waals surface area contributed by atoms with Crippen LogP contribution in [0.3, 0.4) is 0 Å². The van der Waals surface area contributed by atoms with Gasteiger partial charge in [-0.2, -0.15) is 5.10 Å². The Hall–Kier alpha value is -1.98. The Balaban J connectivity index is 1.78. The smallest absolute Gasteiger partial charge is 0.181 e. The number of rotatable bonds is 2. The SMILES string of the molecule is Brc1ccc2cc(-c3n[nH]c(-c4cccs4)n3)ccc2c1. The number of benzene rings is 2. The summed E-state index contributed by atoms with van der Waals surface area (Å²) in [4.78, 5) is 5.68. The highest BCUT2D eigenvalue weighted by atomic mass is 79.9. The van der Waals surface area contributed by atoms with Gasteiger partial charge in [0.05, 0.1) is 4.88 Å². The molecule has 4 rings (SSSR count). The van der Waals surface area contributed by atoms with Crippen molar-refractivity contribution in [1.82, 2.24) is 15.2 Å². The predicted octanol–water partition coefficient (Wildman–Crippen LogP) is 5.12. The molecule has 0 fully saturated rings. The molecule has 4 aromatic rings. The Morgan fingerprint density at radius 3 is 2.71 bits per heavy atom. The summed E-state index contributed by atoms with van der Waals surface area (Å²) in [5.74, 6) is 1.54. The first-order valence-corrected chi connectivity index (χ1v) is 8.13. The van der Waals surface area contributed by atoms with Crippen LogP contribution in [-0.2, 0) is 0 Å². The third-order valence-electron chi connectivity index (χ3n) is 3.30. The summed E-state index contributed by atoms with van der Waals surface area (Å²) >= 11 is 5.14. The molecule has 1 N–H and O–H groups in total. The number of aromatic amines is 1. The van der Waals surface area contributed by atoms with Gasteiger partial charge < -0.3 is 0 Å². The zero-order valence-electron chi connectivity index (χ0n) is 10.9. The van der Waals surface area contributed by atoms with E-state index >= 15 is 0 Å². The van der Waals surface area contributed by atoms with Gasteiger partial charge in [-0.15, -0.1) is 11.3 Å². The van der Waals surface area contributed by atoms with Crippen LogP contribution in [0.5, 0.6) is 0 Å². The fourth-order valence-electron chi connectivity index (χ4n) is 2.27. The molecular formula is C16H10BrN3S. The number of hydrogen-bond acceptors (Lipinski definition) is 3. The molecule has 0 aliphatic heterocycles. The Bertz CT molecular complexity index is 912. The van der Waals surface area contributed by atoms with E-state index in [4.69, 9.17) is 0 Å². The van der Waals surface area contributed by atoms with Gasteiger partial charge >= 0.3 is 0 Å². The van der Waals surface area contributed by atoms with E-state index in [1.165, 1.54) is 10.8 Å². The van der Waals surface area contributed by atoms with Gasteiger partial charge in [-0.05, 0) is 40.4 Å². The number of nitrogens with one attached hydrogen (secondary N) is 1. The maximum Gasteiger partial charge on any atom is 0.181 e. The Labute approximate surface area is 133 Å². The molecule has 0 aliphatic rings. The number of thiophene rings is 1. The molecular weight excluding hydrogens is 346 g/mol. The molecule has 0 saturated heterocycles. The first-order chi connectivity index (χ1) is 10.3. The normalized spacial score (nSPS) is 11.1. The topological polar surface area (TPSA) is 41.6 Å². The van der Waals surface area contributed by atoms with Crippen LogP contribution in [0.1, 0.15) is 0 Å². The third kappa shape index (κ3) is 2.39. The van der Waals surface area contributed by atoms with Crippen LogP contribution in [-0.4, -0.2) is 15.2 Å². The zero-order valence-corrected chi connectivity index (χ0v) is 13.3. The van der Waals surface area contributed by atoms with Crippen LogP contribution in [0.2, 0.25) is 0 Å². The molecule has 21 heavy (non-hydrogen) atoms. The lowest BCUT2D eigenvalue weighted by atomic mass is 10.1. The molecule has 3 nitrogen and oxygen atoms in total. The second-order valence-corrected chi connectivity index (χ2v) is 6.55. The lowest BCUT2D eigenvalue weighted by Crippen LogP contribution is -1.82. The van der Waals surface area contributed by atoms with E-state index in [9.17, 15) is 0 Å². The third-order valence-corrected chi connectivity index (χ3v) is 4.67. The number of nitrogens with zero attached hydrogens (tertiary/aromatic N) is 2. The van der Waals surface area contributed by atoms with Crippen molar-refractivity contribution in [3.63, 3.8) is 0 Å². The Morgan fingerprint density at radius 1 is 1.00 bits per heavy atom. The van der Waals surface area contributed by atoms with Crippen molar-refractivity contribution in [2.75, 3.05) is 0 Å². The second kappa shape index (κ2) is 5.09. The lowest BCUT2D eigenvalue weighted by Gasteiger charge is -2.01. The van der Waals surface area contributed by atoms with Crippen molar-refractivity contribution in [3.8, 4) is 22.1 Å². The predicted molar refractivity (Wildman–Crippen MR) is 90.3 cm³/mol. The number of aromatic nitrogens is 3. The van der Waals surface area contributed by atoms with E-state index < -0.39 is 0 Å². The minimum absolute atomic E-state index is 0.725. The standard InChI is InChI=1S/C16H10BrN3S/c17-13-6-5-10-8-12(4-3-11(10)9-13)15-18-16(20-19-15)14-2-1-7-21-14/h1-9H,(H,18,19,20). The van der Waals surface area contributed by atoms with Crippen LogP contribution in [0.15, 0.2) is 58.4 Å². The van der Waals surface area contributed by atoms with E-state index in [2.05, 4.69) is 61.4 Å². The van der Waals surface area contributed by atoms with Crippen molar-refractivity contribution in [2.45, 2.75) is 0 Å². The lowest BCUT2D eigenvalue weighted by molar-refractivity contribution is 1.10. The average Bonchev–Trinajstić information content (AvgIpc) is 3.17. The summed E-state index contributed by atoms with van der Waals surface area (Å²) in [5.41, 5.74) is 1.02. The summed E-state index contributed by atoms with van der Waals surface area (Å²) in [7, 11) is 0. The molecule has 0 saturated carbocycles. The highest BCUT2D eigenvalue weighted by Gasteiger charge is 2.09. The first-order valence-electron chi connectivity index (χ1n) is 6.45. The Kier molecular flexibility index (Phi) is 3.09. The van der Waals surface area contributed by atoms with Crippen LogP contribution in [0, 0.1) is 0 Å². The summed E-state index contributed by atoms with van der Waals surface area (Å²) < 4.78 is 1.08. The number of hydrogen-bond donors (Lipinski definition) is 1. The van der Waals surface area contributed by atoms with E-state index in [0.29, 0.717) is 0 Å². The molecule has 0 radical (unpaired) electrons. The summed E-state index contributed by atoms with van der Waals surface area (Å²) in [6.45, 7) is 0. The highest BCUT2D eigenvalue weighted by Crippen LogP contribution is 2.27. The van der Waals surface area contributed by atoms with Crippen molar-refractivity contribution in [3.05, 3.63) is 58.4 Å². The van der Waals surface area contributed by atoms with Gasteiger partial charge in [0.15, 0.2) is 11.6 Å². The molecule has 102 valence electrons. The molecule has 5 heteroatoms. The quantitative estimate of drug-likeness (QED) is 0.542. The Morgan fingerprint density at radius 2 is 1.86 bits per heavy atom. The maximum atomic E-state index is 4.58. The van der Waals surface area contributed by atoms with Gasteiger partial charge in [0.1, 0.15) is 0 Å². The number of halogens is 1. The molecule has 0 bridgehead atoms. The summed E-state index contributed by atoms with van der Waals surface area (Å²) in [6, 6.07) is 16.5. The molecule has 2 aromatic carbocycles. The first kappa shape index (κ1) is 12.7. The number of H-pyrrole nitrogens is 1. The highest BCUT2D eigenvalue weighted by molar-refractivity contribution is 9.10. The summed E-state index contributed by atoms with van der Waals surface area (Å²) in [5, 5.41) is 11.7. The average molecular weight is 356 g/mol. The van der Waals surface area contributed by atoms with E-state index in [0.717, 1.165) is 26.6 Å². The van der Waals surface area contributed by atoms with Gasteiger partial charge in [-0.3, -0.25) is 5.10 Å². The van der Waals surface area contributed by atoms with Gasteiger partial charge in [-0.25, -0.2) is 4.98 Å². The minimum Gasteiger partial charge on any atom is -0.258 e. The molecule has 0 atom stereocenters. The fraction of sp³-hybridized carbons (Fsp3) is 0. The number of fused-ring (bicyclic) bond motifs is 1. The van der Waals surface area contributed by atoms with Crippen molar-refractivity contribution < 1.29 is 0 Å². The molecule has 0 amide bonds. The molecule has 0 aliphatic carbocycles. The van der Waals surface area contributed by atoms with Crippen molar-refractivity contribution in [1.29, 1.82) is 0 Å². The fourth-order valence-corrected chi connectivity index (χ4v) is 3.31. The van der Waals surface area contributed by atoms with E-state index in [1.54, 1.807) is 11.3 Å². The second-order valence-electron chi connectivity index (χ2n) is 4.69. The molecule has 2 heterocycles. The zero-order chi connectivity index (χ0) is 14.2. The van der Waals surface area contributed by atoms with E-state index in [1.807, 2.05) is 23.6 Å². The van der Waals surface area contributed by atoms with Crippen LogP contribution < -0.4 is 0 Å². The maximum absolute atomic E-state index is 4.58. The molecule has 0 spiro atoms. The molecule has 2 aromatic heterocycles. The van der Waals surface area contributed by atoms with Crippen LogP contribution in [0.4, 0.5) is 0 Å². The minimum atomic E-state index is 0.725. The van der Waals surface area contributed by atoms with Crippen molar-refractivity contribution in [2.24, 2.45) is 0 Å². The van der Waals surface area contributed by atoms with Gasteiger partial charge in [0.2, 0.25) is 0 Å². The van der Waals surface area contributed by atoms with Crippen LogP contribution in [0.25, 0.3) is 32.9 Å². The summed E-state index contributed by atoms with van der Waals surface area (Å²) in [6.07, 6.45) is 0. The van der Waals surface area contributed by atoms with Crippen molar-refractivity contribution >= 4 is 38.0 Å². The monoisotopic (exact) mass is 355 g/mol.